The van der Waals surface area contributed by atoms with E-state index in [9.17, 15) is 13.2 Å². The number of rotatable bonds is 1. The van der Waals surface area contributed by atoms with E-state index in [-0.39, 0.29) is 0 Å². The van der Waals surface area contributed by atoms with Gasteiger partial charge in [-0.3, -0.25) is 0 Å². The summed E-state index contributed by atoms with van der Waals surface area (Å²) in [4.78, 5) is 0. The van der Waals surface area contributed by atoms with E-state index in [1.165, 1.54) is 0 Å². The van der Waals surface area contributed by atoms with Gasteiger partial charge in [-0.25, -0.2) is 0 Å². The molecule has 0 fully saturated rings. The predicted octanol–water partition coefficient (Wildman–Crippen LogP) is 2.33. The van der Waals surface area contributed by atoms with Crippen molar-refractivity contribution >= 4 is 0 Å². The molecule has 0 unspecified atom stereocenters. The molecule has 1 atom stereocenters. The van der Waals surface area contributed by atoms with Crippen molar-refractivity contribution in [2.45, 2.75) is 45.5 Å². The van der Waals surface area contributed by atoms with Gasteiger partial charge in [0, 0.05) is 5.54 Å². The van der Waals surface area contributed by atoms with Gasteiger partial charge in [0.15, 0.2) is 0 Å². The molecule has 0 aliphatic carbocycles. The summed E-state index contributed by atoms with van der Waals surface area (Å²) in [5, 5.41) is 2.43. The molecule has 0 saturated heterocycles. The molecule has 68 valence electrons. The monoisotopic (exact) mass is 169 g/mol. The Hall–Kier alpha value is -0.250. The minimum absolute atomic E-state index is 0.491. The maximum absolute atomic E-state index is 11.9. The SMILES string of the molecule is C[C@H](NC(C)(C)C)C(F)(F)F. The van der Waals surface area contributed by atoms with Crippen LogP contribution in [-0.4, -0.2) is 17.8 Å². The van der Waals surface area contributed by atoms with E-state index < -0.39 is 17.8 Å². The molecular weight excluding hydrogens is 155 g/mol. The standard InChI is InChI=1S/C7H14F3N/c1-5(7(8,9)10)11-6(2,3)4/h5,11H,1-4H3/t5-/m0/s1. The van der Waals surface area contributed by atoms with Crippen molar-refractivity contribution in [1.82, 2.24) is 5.32 Å². The maximum Gasteiger partial charge on any atom is 0.403 e. The van der Waals surface area contributed by atoms with Crippen LogP contribution in [0.4, 0.5) is 13.2 Å². The first-order valence-corrected chi connectivity index (χ1v) is 3.47. The van der Waals surface area contributed by atoms with E-state index in [0.29, 0.717) is 0 Å². The zero-order valence-electron chi connectivity index (χ0n) is 7.21. The Kier molecular flexibility index (Phi) is 2.94. The molecule has 4 heteroatoms. The van der Waals surface area contributed by atoms with Crippen molar-refractivity contribution in [2.75, 3.05) is 0 Å². The lowest BCUT2D eigenvalue weighted by molar-refractivity contribution is -0.155. The van der Waals surface area contributed by atoms with E-state index in [4.69, 9.17) is 0 Å². The van der Waals surface area contributed by atoms with Gasteiger partial charge in [-0.1, -0.05) is 0 Å². The lowest BCUT2D eigenvalue weighted by Gasteiger charge is -2.27. The fourth-order valence-electron chi connectivity index (χ4n) is 0.731. The molecule has 0 heterocycles. The first-order chi connectivity index (χ1) is 4.63. The second kappa shape index (κ2) is 3.01. The molecule has 0 spiro atoms. The van der Waals surface area contributed by atoms with Crippen molar-refractivity contribution in [3.05, 3.63) is 0 Å². The van der Waals surface area contributed by atoms with Crippen LogP contribution in [0.3, 0.4) is 0 Å². The second-order valence-corrected chi connectivity index (χ2v) is 3.66. The summed E-state index contributed by atoms with van der Waals surface area (Å²) in [6, 6.07) is -1.44. The molecule has 0 aromatic rings. The summed E-state index contributed by atoms with van der Waals surface area (Å²) in [5.41, 5.74) is -0.491. The topological polar surface area (TPSA) is 12.0 Å². The highest BCUT2D eigenvalue weighted by Crippen LogP contribution is 2.21. The molecule has 0 aliphatic heterocycles. The van der Waals surface area contributed by atoms with E-state index in [1.807, 2.05) is 0 Å². The fourth-order valence-corrected chi connectivity index (χ4v) is 0.731. The maximum atomic E-state index is 11.9. The summed E-state index contributed by atoms with van der Waals surface area (Å²) >= 11 is 0. The van der Waals surface area contributed by atoms with Crippen LogP contribution in [0.15, 0.2) is 0 Å². The number of nitrogens with one attached hydrogen (secondary N) is 1. The highest BCUT2D eigenvalue weighted by molar-refractivity contribution is 4.79. The lowest BCUT2D eigenvalue weighted by atomic mass is 10.1. The van der Waals surface area contributed by atoms with E-state index in [2.05, 4.69) is 5.32 Å². The molecule has 0 rings (SSSR count). The Labute approximate surface area is 65.0 Å². The summed E-state index contributed by atoms with van der Waals surface area (Å²) in [6.07, 6.45) is -4.15. The average Bonchev–Trinajstić information content (AvgIpc) is 1.56. The molecule has 0 aliphatic rings. The summed E-state index contributed by atoms with van der Waals surface area (Å²) in [7, 11) is 0. The van der Waals surface area contributed by atoms with Crippen molar-refractivity contribution in [1.29, 1.82) is 0 Å². The van der Waals surface area contributed by atoms with Crippen LogP contribution in [0.5, 0.6) is 0 Å². The molecule has 11 heavy (non-hydrogen) atoms. The number of hydrogen-bond acceptors (Lipinski definition) is 1. The largest absolute Gasteiger partial charge is 0.403 e. The van der Waals surface area contributed by atoms with Crippen molar-refractivity contribution in [3.63, 3.8) is 0 Å². The van der Waals surface area contributed by atoms with Gasteiger partial charge < -0.3 is 5.32 Å². The third kappa shape index (κ3) is 5.07. The highest BCUT2D eigenvalue weighted by atomic mass is 19.4. The van der Waals surface area contributed by atoms with Crippen LogP contribution in [0.2, 0.25) is 0 Å². The summed E-state index contributed by atoms with van der Waals surface area (Å²) in [6.45, 7) is 6.23. The van der Waals surface area contributed by atoms with Crippen LogP contribution >= 0.6 is 0 Å². The summed E-state index contributed by atoms with van der Waals surface area (Å²) in [5.74, 6) is 0. The quantitative estimate of drug-likeness (QED) is 0.635. The zero-order chi connectivity index (χ0) is 9.28. The van der Waals surface area contributed by atoms with E-state index >= 15 is 0 Å². The fraction of sp³-hybridized carbons (Fsp3) is 1.00. The smallest absolute Gasteiger partial charge is 0.302 e. The second-order valence-electron chi connectivity index (χ2n) is 3.66. The third-order valence-electron chi connectivity index (χ3n) is 1.14. The first-order valence-electron chi connectivity index (χ1n) is 3.47. The van der Waals surface area contributed by atoms with Crippen LogP contribution in [0.25, 0.3) is 0 Å². The van der Waals surface area contributed by atoms with Gasteiger partial charge in [-0.2, -0.15) is 13.2 Å². The predicted molar refractivity (Wildman–Crippen MR) is 38.4 cm³/mol. The van der Waals surface area contributed by atoms with E-state index in [1.54, 1.807) is 20.8 Å². The van der Waals surface area contributed by atoms with Gasteiger partial charge >= 0.3 is 6.18 Å². The minimum Gasteiger partial charge on any atom is -0.302 e. The Bertz CT molecular complexity index is 123. The number of alkyl halides is 3. The van der Waals surface area contributed by atoms with Crippen LogP contribution in [-0.2, 0) is 0 Å². The molecule has 0 aromatic carbocycles. The molecule has 0 bridgehead atoms. The number of halogens is 3. The van der Waals surface area contributed by atoms with Gasteiger partial charge in [0.1, 0.15) is 6.04 Å². The van der Waals surface area contributed by atoms with Crippen molar-refractivity contribution < 1.29 is 13.2 Å². The molecule has 0 saturated carbocycles. The number of hydrogen-bond donors (Lipinski definition) is 1. The van der Waals surface area contributed by atoms with Crippen LogP contribution < -0.4 is 5.32 Å². The van der Waals surface area contributed by atoms with Crippen molar-refractivity contribution in [2.24, 2.45) is 0 Å². The third-order valence-corrected chi connectivity index (χ3v) is 1.14. The lowest BCUT2D eigenvalue weighted by Crippen LogP contribution is -2.49. The molecule has 0 amide bonds. The molecular formula is C7H14F3N. The Morgan fingerprint density at radius 3 is 1.55 bits per heavy atom. The Morgan fingerprint density at radius 1 is 1.09 bits per heavy atom. The summed E-state index contributed by atoms with van der Waals surface area (Å²) < 4.78 is 35.8. The van der Waals surface area contributed by atoms with E-state index in [0.717, 1.165) is 6.92 Å². The Balaban J connectivity index is 3.99. The molecule has 1 nitrogen and oxygen atoms in total. The first kappa shape index (κ1) is 10.8. The zero-order valence-corrected chi connectivity index (χ0v) is 7.21. The van der Waals surface area contributed by atoms with Crippen LogP contribution in [0.1, 0.15) is 27.7 Å². The normalized spacial score (nSPS) is 16.6. The Morgan fingerprint density at radius 2 is 1.45 bits per heavy atom. The van der Waals surface area contributed by atoms with Crippen molar-refractivity contribution in [3.8, 4) is 0 Å². The van der Waals surface area contributed by atoms with Gasteiger partial charge in [-0.05, 0) is 27.7 Å². The van der Waals surface area contributed by atoms with Gasteiger partial charge in [-0.15, -0.1) is 0 Å². The molecule has 0 radical (unpaired) electrons. The van der Waals surface area contributed by atoms with Crippen LogP contribution in [0, 0.1) is 0 Å². The minimum atomic E-state index is -4.15. The average molecular weight is 169 g/mol. The van der Waals surface area contributed by atoms with Gasteiger partial charge in [0.25, 0.3) is 0 Å². The molecule has 0 aromatic heterocycles. The van der Waals surface area contributed by atoms with Gasteiger partial charge in [0.05, 0.1) is 0 Å². The van der Waals surface area contributed by atoms with Gasteiger partial charge in [0.2, 0.25) is 0 Å². The highest BCUT2D eigenvalue weighted by Gasteiger charge is 2.37. The molecule has 1 N–H and O–H groups in total.